The van der Waals surface area contributed by atoms with Crippen LogP contribution in [0.2, 0.25) is 0 Å². The van der Waals surface area contributed by atoms with Gasteiger partial charge in [0.15, 0.2) is 0 Å². The normalized spacial score (nSPS) is 28.5. The second-order valence-corrected chi connectivity index (χ2v) is 4.42. The summed E-state index contributed by atoms with van der Waals surface area (Å²) < 4.78 is 0. The lowest BCUT2D eigenvalue weighted by atomic mass is 9.93. The van der Waals surface area contributed by atoms with E-state index in [4.69, 9.17) is 5.73 Å². The van der Waals surface area contributed by atoms with E-state index in [-0.39, 0.29) is 18.1 Å². The molecule has 0 spiro atoms. The Hall–Kier alpha value is -0.610. The molecule has 0 heterocycles. The van der Waals surface area contributed by atoms with Crippen molar-refractivity contribution >= 4 is 5.91 Å². The molecule has 1 fully saturated rings. The SMILES string of the molecule is CCC[C@H](N)C(=O)N[C@@H]1CCC[C@@H](O)C1. The van der Waals surface area contributed by atoms with Gasteiger partial charge in [-0.15, -0.1) is 0 Å². The van der Waals surface area contributed by atoms with Gasteiger partial charge in [-0.25, -0.2) is 0 Å². The number of nitrogens with two attached hydrogens (primary N) is 1. The van der Waals surface area contributed by atoms with E-state index < -0.39 is 6.04 Å². The van der Waals surface area contributed by atoms with Crippen molar-refractivity contribution in [3.8, 4) is 0 Å². The van der Waals surface area contributed by atoms with Crippen molar-refractivity contribution in [2.75, 3.05) is 0 Å². The maximum absolute atomic E-state index is 11.6. The highest BCUT2D eigenvalue weighted by Crippen LogP contribution is 2.18. The highest BCUT2D eigenvalue weighted by Gasteiger charge is 2.23. The quantitative estimate of drug-likeness (QED) is 0.639. The molecule has 1 amide bonds. The van der Waals surface area contributed by atoms with Crippen LogP contribution in [0.15, 0.2) is 0 Å². The first-order chi connectivity index (χ1) is 7.13. The molecule has 0 aliphatic heterocycles. The van der Waals surface area contributed by atoms with Crippen molar-refractivity contribution < 1.29 is 9.90 Å². The van der Waals surface area contributed by atoms with E-state index in [1.807, 2.05) is 6.92 Å². The van der Waals surface area contributed by atoms with Gasteiger partial charge >= 0.3 is 0 Å². The molecule has 0 unspecified atom stereocenters. The van der Waals surface area contributed by atoms with E-state index in [1.54, 1.807) is 0 Å². The predicted octanol–water partition coefficient (Wildman–Crippen LogP) is 0.533. The van der Waals surface area contributed by atoms with Crippen LogP contribution in [-0.4, -0.2) is 29.2 Å². The van der Waals surface area contributed by atoms with Crippen LogP contribution in [0, 0.1) is 0 Å². The summed E-state index contributed by atoms with van der Waals surface area (Å²) in [6, 6.07) is -0.279. The molecule has 15 heavy (non-hydrogen) atoms. The molecule has 0 bridgehead atoms. The third-order valence-corrected chi connectivity index (χ3v) is 2.93. The predicted molar refractivity (Wildman–Crippen MR) is 59.3 cm³/mol. The van der Waals surface area contributed by atoms with Crippen LogP contribution in [0.4, 0.5) is 0 Å². The fraction of sp³-hybridized carbons (Fsp3) is 0.909. The van der Waals surface area contributed by atoms with Crippen LogP contribution in [-0.2, 0) is 4.79 Å². The second kappa shape index (κ2) is 6.08. The Bertz CT molecular complexity index is 209. The minimum absolute atomic E-state index is 0.0732. The molecule has 3 atom stereocenters. The van der Waals surface area contributed by atoms with Gasteiger partial charge in [0.05, 0.1) is 12.1 Å². The molecule has 0 aromatic carbocycles. The topological polar surface area (TPSA) is 75.4 Å². The van der Waals surface area contributed by atoms with E-state index in [0.29, 0.717) is 6.42 Å². The Morgan fingerprint density at radius 1 is 1.60 bits per heavy atom. The minimum Gasteiger partial charge on any atom is -0.393 e. The number of carbonyl (C=O) groups excluding carboxylic acids is 1. The zero-order valence-corrected chi connectivity index (χ0v) is 9.41. The smallest absolute Gasteiger partial charge is 0.237 e. The van der Waals surface area contributed by atoms with Crippen LogP contribution in [0.5, 0.6) is 0 Å². The molecule has 88 valence electrons. The highest BCUT2D eigenvalue weighted by atomic mass is 16.3. The fourth-order valence-corrected chi connectivity index (χ4v) is 2.05. The third kappa shape index (κ3) is 4.18. The van der Waals surface area contributed by atoms with E-state index in [9.17, 15) is 9.90 Å². The number of amides is 1. The highest BCUT2D eigenvalue weighted by molar-refractivity contribution is 5.81. The molecule has 4 N–H and O–H groups in total. The fourth-order valence-electron chi connectivity index (χ4n) is 2.05. The van der Waals surface area contributed by atoms with Gasteiger partial charge in [-0.3, -0.25) is 4.79 Å². The Labute approximate surface area is 91.2 Å². The minimum atomic E-state index is -0.394. The van der Waals surface area contributed by atoms with Gasteiger partial charge in [0.1, 0.15) is 0 Å². The van der Waals surface area contributed by atoms with E-state index in [2.05, 4.69) is 5.32 Å². The first-order valence-electron chi connectivity index (χ1n) is 5.87. The Kier molecular flexibility index (Phi) is 5.05. The van der Waals surface area contributed by atoms with Crippen LogP contribution in [0.25, 0.3) is 0 Å². The number of hydrogen-bond acceptors (Lipinski definition) is 3. The number of aliphatic hydroxyl groups is 1. The molecular weight excluding hydrogens is 192 g/mol. The Balaban J connectivity index is 2.30. The maximum Gasteiger partial charge on any atom is 0.237 e. The maximum atomic E-state index is 11.6. The summed E-state index contributed by atoms with van der Waals surface area (Å²) in [4.78, 5) is 11.6. The van der Waals surface area contributed by atoms with Crippen LogP contribution in [0.3, 0.4) is 0 Å². The molecule has 4 nitrogen and oxygen atoms in total. The summed E-state index contributed by atoms with van der Waals surface area (Å²) in [6.07, 6.45) is 4.85. The average Bonchev–Trinajstić information content (AvgIpc) is 2.18. The molecule has 4 heteroatoms. The standard InChI is InChI=1S/C11H22N2O2/c1-2-4-10(12)11(15)13-8-5-3-6-9(14)7-8/h8-10,14H,2-7,12H2,1H3,(H,13,15)/t8-,9-,10+/m1/s1. The van der Waals surface area contributed by atoms with Crippen molar-refractivity contribution in [1.82, 2.24) is 5.32 Å². The Morgan fingerprint density at radius 3 is 2.93 bits per heavy atom. The first-order valence-corrected chi connectivity index (χ1v) is 5.87. The summed E-state index contributed by atoms with van der Waals surface area (Å²) in [5.74, 6) is -0.0732. The summed E-state index contributed by atoms with van der Waals surface area (Å²) in [5.41, 5.74) is 5.71. The van der Waals surface area contributed by atoms with Gasteiger partial charge in [0.2, 0.25) is 5.91 Å². The van der Waals surface area contributed by atoms with Crippen LogP contribution >= 0.6 is 0 Å². The zero-order chi connectivity index (χ0) is 11.3. The lowest BCUT2D eigenvalue weighted by Crippen LogP contribution is -2.47. The number of nitrogens with one attached hydrogen (secondary N) is 1. The van der Waals surface area contributed by atoms with E-state index in [0.717, 1.165) is 32.1 Å². The van der Waals surface area contributed by atoms with Gasteiger partial charge in [-0.2, -0.15) is 0 Å². The lowest BCUT2D eigenvalue weighted by molar-refractivity contribution is -0.123. The largest absolute Gasteiger partial charge is 0.393 e. The summed E-state index contributed by atoms with van der Waals surface area (Å²) in [7, 11) is 0. The average molecular weight is 214 g/mol. The molecular formula is C11H22N2O2. The van der Waals surface area contributed by atoms with Gasteiger partial charge in [0.25, 0.3) is 0 Å². The third-order valence-electron chi connectivity index (χ3n) is 2.93. The molecule has 1 aliphatic carbocycles. The lowest BCUT2D eigenvalue weighted by Gasteiger charge is -2.27. The van der Waals surface area contributed by atoms with Crippen LogP contribution < -0.4 is 11.1 Å². The molecule has 1 aliphatic rings. The van der Waals surface area contributed by atoms with E-state index >= 15 is 0 Å². The number of aliphatic hydroxyl groups excluding tert-OH is 1. The molecule has 1 rings (SSSR count). The summed E-state index contributed by atoms with van der Waals surface area (Å²) in [5, 5.41) is 12.4. The summed E-state index contributed by atoms with van der Waals surface area (Å²) >= 11 is 0. The number of carbonyl (C=O) groups is 1. The number of rotatable bonds is 4. The Morgan fingerprint density at radius 2 is 2.33 bits per heavy atom. The number of hydrogen-bond donors (Lipinski definition) is 3. The van der Waals surface area contributed by atoms with Crippen molar-refractivity contribution in [2.45, 2.75) is 63.6 Å². The first kappa shape index (κ1) is 12.5. The molecule has 0 aromatic rings. The molecule has 1 saturated carbocycles. The van der Waals surface area contributed by atoms with Crippen molar-refractivity contribution in [3.05, 3.63) is 0 Å². The molecule has 0 aromatic heterocycles. The van der Waals surface area contributed by atoms with E-state index in [1.165, 1.54) is 0 Å². The summed E-state index contributed by atoms with van der Waals surface area (Å²) in [6.45, 7) is 2.01. The zero-order valence-electron chi connectivity index (χ0n) is 9.41. The van der Waals surface area contributed by atoms with Gasteiger partial charge in [-0.05, 0) is 32.1 Å². The van der Waals surface area contributed by atoms with Gasteiger partial charge in [-0.1, -0.05) is 13.3 Å². The second-order valence-electron chi connectivity index (χ2n) is 4.42. The van der Waals surface area contributed by atoms with Crippen LogP contribution in [0.1, 0.15) is 45.4 Å². The van der Waals surface area contributed by atoms with Crippen molar-refractivity contribution in [1.29, 1.82) is 0 Å². The monoisotopic (exact) mass is 214 g/mol. The van der Waals surface area contributed by atoms with Crippen molar-refractivity contribution in [2.24, 2.45) is 5.73 Å². The van der Waals surface area contributed by atoms with Crippen molar-refractivity contribution in [3.63, 3.8) is 0 Å². The van der Waals surface area contributed by atoms with Gasteiger partial charge in [0, 0.05) is 6.04 Å². The molecule has 0 saturated heterocycles. The van der Waals surface area contributed by atoms with Gasteiger partial charge < -0.3 is 16.2 Å². The molecule has 0 radical (unpaired) electrons.